The molecule has 0 fully saturated rings. The molecule has 0 saturated carbocycles. The zero-order valence-corrected chi connectivity index (χ0v) is 16.2. The van der Waals surface area contributed by atoms with Gasteiger partial charge in [0.15, 0.2) is 11.5 Å². The minimum Gasteiger partial charge on any atom is -0.395 e. The average molecular weight is 468 g/mol. The van der Waals surface area contributed by atoms with Gasteiger partial charge in [-0.25, -0.2) is 4.98 Å². The number of aromatic nitrogens is 1. The molecule has 2 heterocycles. The molecule has 0 bridgehead atoms. The molecular formula is C19H10BrClF2N2O3. The number of carbonyl (C=O) groups is 1. The van der Waals surface area contributed by atoms with Crippen molar-refractivity contribution in [2.75, 3.05) is 5.32 Å². The van der Waals surface area contributed by atoms with Crippen LogP contribution in [-0.4, -0.2) is 17.2 Å². The average Bonchev–Trinajstić information content (AvgIpc) is 2.95. The molecule has 1 aliphatic heterocycles. The molecule has 0 atom stereocenters. The molecule has 5 nitrogen and oxygen atoms in total. The van der Waals surface area contributed by atoms with Gasteiger partial charge in [-0.15, -0.1) is 8.78 Å². The van der Waals surface area contributed by atoms with Gasteiger partial charge in [-0.3, -0.25) is 4.79 Å². The number of nitrogens with zero attached hydrogens (tertiary/aromatic N) is 1. The molecule has 4 rings (SSSR count). The second-order valence-electron chi connectivity index (χ2n) is 5.81. The molecule has 0 spiro atoms. The molecule has 1 aromatic heterocycles. The summed E-state index contributed by atoms with van der Waals surface area (Å²) in [7, 11) is 0. The van der Waals surface area contributed by atoms with Crippen LogP contribution in [0, 0.1) is 0 Å². The summed E-state index contributed by atoms with van der Waals surface area (Å²) in [5.74, 6) is -0.247. The molecule has 2 aromatic carbocycles. The highest BCUT2D eigenvalue weighted by Gasteiger charge is 2.43. The molecule has 1 aliphatic rings. The van der Waals surface area contributed by atoms with Crippen molar-refractivity contribution >= 4 is 39.3 Å². The number of nitrogens with one attached hydrogen (secondary N) is 1. The number of carbonyl (C=O) groups excluding carboxylic acids is 1. The second-order valence-corrected chi connectivity index (χ2v) is 7.07. The number of hydrogen-bond acceptors (Lipinski definition) is 4. The van der Waals surface area contributed by atoms with Gasteiger partial charge in [-0.2, -0.15) is 0 Å². The van der Waals surface area contributed by atoms with E-state index in [2.05, 4.69) is 35.7 Å². The van der Waals surface area contributed by atoms with Crippen molar-refractivity contribution in [3.63, 3.8) is 0 Å². The maximum absolute atomic E-state index is 13.2. The number of benzene rings is 2. The van der Waals surface area contributed by atoms with Crippen LogP contribution >= 0.6 is 27.5 Å². The Morgan fingerprint density at radius 3 is 2.50 bits per heavy atom. The maximum Gasteiger partial charge on any atom is 0.586 e. The van der Waals surface area contributed by atoms with Crippen molar-refractivity contribution in [1.29, 1.82) is 0 Å². The number of fused-ring (bicyclic) bond motifs is 1. The van der Waals surface area contributed by atoms with E-state index in [9.17, 15) is 13.6 Å². The molecule has 142 valence electrons. The molecule has 0 radical (unpaired) electrons. The lowest BCUT2D eigenvalue weighted by molar-refractivity contribution is -0.286. The quantitative estimate of drug-likeness (QED) is 0.534. The van der Waals surface area contributed by atoms with E-state index in [0.29, 0.717) is 27.0 Å². The Hall–Kier alpha value is -2.71. The van der Waals surface area contributed by atoms with Crippen LogP contribution in [0.15, 0.2) is 59.2 Å². The van der Waals surface area contributed by atoms with Gasteiger partial charge in [0.1, 0.15) is 5.82 Å². The first kappa shape index (κ1) is 18.6. The molecule has 28 heavy (non-hydrogen) atoms. The number of amides is 1. The van der Waals surface area contributed by atoms with E-state index >= 15 is 0 Å². The van der Waals surface area contributed by atoms with E-state index < -0.39 is 6.29 Å². The van der Waals surface area contributed by atoms with Crippen molar-refractivity contribution in [3.05, 3.63) is 69.8 Å². The minimum absolute atomic E-state index is 0.115. The van der Waals surface area contributed by atoms with E-state index in [1.807, 2.05) is 0 Å². The van der Waals surface area contributed by atoms with Crippen molar-refractivity contribution in [2.45, 2.75) is 6.29 Å². The smallest absolute Gasteiger partial charge is 0.395 e. The third kappa shape index (κ3) is 3.65. The van der Waals surface area contributed by atoms with Gasteiger partial charge in [-0.1, -0.05) is 23.7 Å². The van der Waals surface area contributed by atoms with E-state index in [1.54, 1.807) is 36.4 Å². The Labute approximate surface area is 171 Å². The van der Waals surface area contributed by atoms with Gasteiger partial charge < -0.3 is 14.8 Å². The van der Waals surface area contributed by atoms with Crippen LogP contribution in [0.4, 0.5) is 14.6 Å². The number of alkyl halides is 2. The van der Waals surface area contributed by atoms with Crippen LogP contribution in [0.2, 0.25) is 5.02 Å². The van der Waals surface area contributed by atoms with Crippen LogP contribution in [-0.2, 0) is 0 Å². The minimum atomic E-state index is -3.72. The van der Waals surface area contributed by atoms with Crippen molar-refractivity contribution < 1.29 is 23.0 Å². The standard InChI is InChI=1S/C19H10BrClF2N2O3/c20-13-4-2-1-3-11(13)18(26)25-17-6-5-10(9-24-17)12-7-15-16(8-14(12)21)28-19(22,23)27-15/h1-9H,(H,24,25,26). The molecule has 3 aromatic rings. The van der Waals surface area contributed by atoms with Crippen LogP contribution in [0.5, 0.6) is 11.5 Å². The molecule has 0 saturated heterocycles. The fraction of sp³-hybridized carbons (Fsp3) is 0.0526. The summed E-state index contributed by atoms with van der Waals surface area (Å²) in [6.07, 6.45) is -2.25. The third-order valence-corrected chi connectivity index (χ3v) is 4.93. The van der Waals surface area contributed by atoms with Gasteiger partial charge in [0, 0.05) is 27.9 Å². The number of hydrogen-bond donors (Lipinski definition) is 1. The van der Waals surface area contributed by atoms with Crippen molar-refractivity contribution in [1.82, 2.24) is 4.98 Å². The topological polar surface area (TPSA) is 60.5 Å². The Balaban J connectivity index is 1.56. The summed E-state index contributed by atoms with van der Waals surface area (Å²) >= 11 is 9.50. The van der Waals surface area contributed by atoms with E-state index in [-0.39, 0.29) is 22.4 Å². The zero-order chi connectivity index (χ0) is 19.9. The lowest BCUT2D eigenvalue weighted by Crippen LogP contribution is -2.25. The number of rotatable bonds is 3. The Morgan fingerprint density at radius 2 is 1.82 bits per heavy atom. The Kier molecular flexibility index (Phi) is 4.68. The van der Waals surface area contributed by atoms with E-state index in [1.165, 1.54) is 18.3 Å². The van der Waals surface area contributed by atoms with Crippen molar-refractivity contribution in [2.24, 2.45) is 0 Å². The highest BCUT2D eigenvalue weighted by Crippen LogP contribution is 2.46. The molecular weight excluding hydrogens is 458 g/mol. The number of halogens is 4. The summed E-state index contributed by atoms with van der Waals surface area (Å²) in [6, 6.07) is 12.8. The number of anilines is 1. The fourth-order valence-corrected chi connectivity index (χ4v) is 3.38. The highest BCUT2D eigenvalue weighted by molar-refractivity contribution is 9.10. The van der Waals surface area contributed by atoms with Gasteiger partial charge >= 0.3 is 6.29 Å². The molecule has 1 amide bonds. The highest BCUT2D eigenvalue weighted by atomic mass is 79.9. The van der Waals surface area contributed by atoms with Crippen LogP contribution < -0.4 is 14.8 Å². The van der Waals surface area contributed by atoms with Crippen LogP contribution in [0.3, 0.4) is 0 Å². The Bertz CT molecular complexity index is 1080. The summed E-state index contributed by atoms with van der Waals surface area (Å²) in [5, 5.41) is 2.89. The summed E-state index contributed by atoms with van der Waals surface area (Å²) in [6.45, 7) is 0. The van der Waals surface area contributed by atoms with E-state index in [0.717, 1.165) is 0 Å². The second kappa shape index (κ2) is 7.03. The van der Waals surface area contributed by atoms with Gasteiger partial charge in [0.2, 0.25) is 0 Å². The lowest BCUT2D eigenvalue weighted by Gasteiger charge is -2.08. The fourth-order valence-electron chi connectivity index (χ4n) is 2.65. The van der Waals surface area contributed by atoms with Crippen LogP contribution in [0.1, 0.15) is 10.4 Å². The first-order valence-corrected chi connectivity index (χ1v) is 9.11. The number of pyridine rings is 1. The van der Waals surface area contributed by atoms with Crippen molar-refractivity contribution in [3.8, 4) is 22.6 Å². The monoisotopic (exact) mass is 466 g/mol. The number of ether oxygens (including phenoxy) is 2. The largest absolute Gasteiger partial charge is 0.586 e. The first-order chi connectivity index (χ1) is 13.3. The summed E-state index contributed by atoms with van der Waals surface area (Å²) < 4.78 is 35.9. The maximum atomic E-state index is 13.2. The summed E-state index contributed by atoms with van der Waals surface area (Å²) in [4.78, 5) is 16.5. The molecule has 9 heteroatoms. The Morgan fingerprint density at radius 1 is 1.11 bits per heavy atom. The normalized spacial score (nSPS) is 14.0. The van der Waals surface area contributed by atoms with E-state index in [4.69, 9.17) is 11.6 Å². The SMILES string of the molecule is O=C(Nc1ccc(-c2cc3c(cc2Cl)OC(F)(F)O3)cn1)c1ccccc1Br. The first-order valence-electron chi connectivity index (χ1n) is 7.94. The third-order valence-electron chi connectivity index (χ3n) is 3.93. The molecule has 1 N–H and O–H groups in total. The van der Waals surface area contributed by atoms with Gasteiger partial charge in [-0.05, 0) is 46.3 Å². The lowest BCUT2D eigenvalue weighted by atomic mass is 10.1. The van der Waals surface area contributed by atoms with Crippen LogP contribution in [0.25, 0.3) is 11.1 Å². The summed E-state index contributed by atoms with van der Waals surface area (Å²) in [5.41, 5.74) is 1.47. The predicted octanol–water partition coefficient (Wildman–Crippen LogP) is 5.74. The predicted molar refractivity (Wildman–Crippen MR) is 103 cm³/mol. The molecule has 0 unspecified atom stereocenters. The zero-order valence-electron chi connectivity index (χ0n) is 13.9. The van der Waals surface area contributed by atoms with Gasteiger partial charge in [0.25, 0.3) is 5.91 Å². The van der Waals surface area contributed by atoms with Gasteiger partial charge in [0.05, 0.1) is 10.6 Å². The molecule has 0 aliphatic carbocycles.